The summed E-state index contributed by atoms with van der Waals surface area (Å²) in [5.41, 5.74) is 1.83. The minimum absolute atomic E-state index is 0.180. The molecule has 1 saturated carbocycles. The van der Waals surface area contributed by atoms with Gasteiger partial charge in [0.15, 0.2) is 0 Å². The van der Waals surface area contributed by atoms with Crippen LogP contribution in [0.1, 0.15) is 50.5 Å². The summed E-state index contributed by atoms with van der Waals surface area (Å²) in [5.74, 6) is 0.0253. The van der Waals surface area contributed by atoms with Gasteiger partial charge in [0.05, 0.1) is 12.8 Å². The second-order valence-corrected chi connectivity index (χ2v) is 7.86. The van der Waals surface area contributed by atoms with Crippen LogP contribution in [0.25, 0.3) is 0 Å². The Morgan fingerprint density at radius 2 is 2.00 bits per heavy atom. The lowest BCUT2D eigenvalue weighted by Crippen LogP contribution is -2.40. The normalized spacial score (nSPS) is 17.7. The molecule has 0 aliphatic heterocycles. The average Bonchev–Trinajstić information content (AvgIpc) is 3.47. The number of hydrogen-bond acceptors (Lipinski definition) is 3. The Morgan fingerprint density at radius 3 is 2.63 bits per heavy atom. The molecule has 0 radical (unpaired) electrons. The van der Waals surface area contributed by atoms with Gasteiger partial charge in [0.2, 0.25) is 11.8 Å². The van der Waals surface area contributed by atoms with Gasteiger partial charge in [-0.25, -0.2) is 0 Å². The van der Waals surface area contributed by atoms with Crippen molar-refractivity contribution in [2.24, 2.45) is 5.41 Å². The first kappa shape index (κ1) is 19.7. The van der Waals surface area contributed by atoms with Crippen molar-refractivity contribution in [1.82, 2.24) is 5.32 Å². The fraction of sp³-hybridized carbons (Fsp3) is 0.524. The molecule has 2 amide bonds. The number of carbonyl (C=O) groups is 2. The Bertz CT molecular complexity index is 769. The average molecular weight is 391 g/mol. The number of amides is 2. The minimum Gasteiger partial charge on any atom is -0.495 e. The maximum Gasteiger partial charge on any atom is 0.240 e. The summed E-state index contributed by atoms with van der Waals surface area (Å²) in [7, 11) is 1.52. The number of nitrogens with one attached hydrogen (secondary N) is 2. The molecule has 0 bridgehead atoms. The van der Waals surface area contributed by atoms with Crippen LogP contribution in [0.15, 0.2) is 23.8 Å². The first-order valence-electron chi connectivity index (χ1n) is 9.58. The van der Waals surface area contributed by atoms with E-state index >= 15 is 0 Å². The first-order chi connectivity index (χ1) is 13.0. The minimum atomic E-state index is -0.959. The van der Waals surface area contributed by atoms with E-state index in [0.29, 0.717) is 35.8 Å². The third kappa shape index (κ3) is 4.46. The quantitative estimate of drug-likeness (QED) is 0.536. The maximum absolute atomic E-state index is 12.8. The zero-order valence-electron chi connectivity index (χ0n) is 16.0. The zero-order chi connectivity index (χ0) is 19.4. The molecule has 0 atom stereocenters. The zero-order valence-corrected chi connectivity index (χ0v) is 16.7. The van der Waals surface area contributed by atoms with Gasteiger partial charge in [0.1, 0.15) is 11.2 Å². The van der Waals surface area contributed by atoms with Crippen molar-refractivity contribution in [1.29, 1.82) is 0 Å². The number of rotatable bonds is 7. The van der Waals surface area contributed by atoms with Crippen molar-refractivity contribution in [3.63, 3.8) is 0 Å². The molecule has 3 rings (SSSR count). The summed E-state index contributed by atoms with van der Waals surface area (Å²) in [6, 6.07) is 3.44. The number of anilines is 1. The highest BCUT2D eigenvalue weighted by molar-refractivity contribution is 6.31. The van der Waals surface area contributed by atoms with Crippen LogP contribution in [0.4, 0.5) is 5.69 Å². The SMILES string of the molecule is COc1cc(Cl)c(C)cc1NC(=O)C1(C(=O)NCCC2=CCCCC2)CC1. The van der Waals surface area contributed by atoms with Crippen molar-refractivity contribution >= 4 is 29.1 Å². The molecule has 0 heterocycles. The number of ether oxygens (including phenoxy) is 1. The van der Waals surface area contributed by atoms with Crippen LogP contribution in [-0.2, 0) is 9.59 Å². The number of allylic oxidation sites excluding steroid dienone is 1. The van der Waals surface area contributed by atoms with E-state index in [-0.39, 0.29) is 11.8 Å². The van der Waals surface area contributed by atoms with Gasteiger partial charge in [0, 0.05) is 17.6 Å². The number of hydrogen-bond donors (Lipinski definition) is 2. The lowest BCUT2D eigenvalue weighted by atomic mass is 9.97. The van der Waals surface area contributed by atoms with E-state index in [2.05, 4.69) is 16.7 Å². The molecule has 0 aromatic heterocycles. The van der Waals surface area contributed by atoms with E-state index in [1.165, 1.54) is 25.5 Å². The van der Waals surface area contributed by atoms with E-state index < -0.39 is 5.41 Å². The van der Waals surface area contributed by atoms with Gasteiger partial charge in [-0.05, 0) is 63.5 Å². The van der Waals surface area contributed by atoms with Crippen molar-refractivity contribution in [2.45, 2.75) is 51.9 Å². The van der Waals surface area contributed by atoms with Gasteiger partial charge in [-0.1, -0.05) is 23.3 Å². The van der Waals surface area contributed by atoms with Crippen LogP contribution >= 0.6 is 11.6 Å². The Balaban J connectivity index is 1.60. The molecule has 2 N–H and O–H groups in total. The molecule has 6 heteroatoms. The van der Waals surface area contributed by atoms with E-state index in [9.17, 15) is 9.59 Å². The molecular weight excluding hydrogens is 364 g/mol. The molecule has 27 heavy (non-hydrogen) atoms. The molecule has 1 fully saturated rings. The van der Waals surface area contributed by atoms with Crippen LogP contribution in [0.3, 0.4) is 0 Å². The Kier molecular flexibility index (Phi) is 6.10. The number of methoxy groups -OCH3 is 1. The maximum atomic E-state index is 12.8. The summed E-state index contributed by atoms with van der Waals surface area (Å²) in [6.07, 6.45) is 9.04. The number of aryl methyl sites for hydroxylation is 1. The van der Waals surface area contributed by atoms with Crippen molar-refractivity contribution < 1.29 is 14.3 Å². The monoisotopic (exact) mass is 390 g/mol. The summed E-state index contributed by atoms with van der Waals surface area (Å²) in [6.45, 7) is 2.44. The highest BCUT2D eigenvalue weighted by atomic mass is 35.5. The number of halogens is 1. The molecule has 0 saturated heterocycles. The second kappa shape index (κ2) is 8.34. The topological polar surface area (TPSA) is 67.4 Å². The lowest BCUT2D eigenvalue weighted by molar-refractivity contribution is -0.134. The highest BCUT2D eigenvalue weighted by Crippen LogP contribution is 2.47. The molecular formula is C21H27ClN2O3. The third-order valence-corrected chi connectivity index (χ3v) is 5.87. The fourth-order valence-electron chi connectivity index (χ4n) is 3.49. The highest BCUT2D eigenvalue weighted by Gasteiger charge is 2.56. The van der Waals surface area contributed by atoms with Crippen LogP contribution in [0, 0.1) is 12.3 Å². The summed E-state index contributed by atoms with van der Waals surface area (Å²) < 4.78 is 5.30. The van der Waals surface area contributed by atoms with Crippen molar-refractivity contribution in [3.05, 3.63) is 34.4 Å². The molecule has 5 nitrogen and oxygen atoms in total. The van der Waals surface area contributed by atoms with Crippen molar-refractivity contribution in [3.8, 4) is 5.75 Å². The molecule has 2 aliphatic carbocycles. The van der Waals surface area contributed by atoms with Crippen LogP contribution in [-0.4, -0.2) is 25.5 Å². The number of benzene rings is 1. The third-order valence-electron chi connectivity index (χ3n) is 5.46. The largest absolute Gasteiger partial charge is 0.495 e. The smallest absolute Gasteiger partial charge is 0.240 e. The van der Waals surface area contributed by atoms with E-state index in [1.54, 1.807) is 12.1 Å². The van der Waals surface area contributed by atoms with E-state index in [1.807, 2.05) is 6.92 Å². The second-order valence-electron chi connectivity index (χ2n) is 7.45. The Hall–Kier alpha value is -2.01. The molecule has 1 aromatic carbocycles. The Labute approximate surface area is 165 Å². The summed E-state index contributed by atoms with van der Waals surface area (Å²) in [5, 5.41) is 6.38. The molecule has 0 unspecified atom stereocenters. The lowest BCUT2D eigenvalue weighted by Gasteiger charge is -2.18. The van der Waals surface area contributed by atoms with Gasteiger partial charge in [0.25, 0.3) is 0 Å². The van der Waals surface area contributed by atoms with Gasteiger partial charge in [-0.2, -0.15) is 0 Å². The van der Waals surface area contributed by atoms with Crippen LogP contribution < -0.4 is 15.4 Å². The number of carbonyl (C=O) groups excluding carboxylic acids is 2. The predicted octanol–water partition coefficient (Wildman–Crippen LogP) is 4.38. The molecule has 146 valence electrons. The van der Waals surface area contributed by atoms with E-state index in [4.69, 9.17) is 16.3 Å². The summed E-state index contributed by atoms with van der Waals surface area (Å²) >= 11 is 6.11. The van der Waals surface area contributed by atoms with Gasteiger partial charge in [-0.3, -0.25) is 9.59 Å². The Morgan fingerprint density at radius 1 is 1.22 bits per heavy atom. The molecule has 2 aliphatic rings. The predicted molar refractivity (Wildman–Crippen MR) is 107 cm³/mol. The van der Waals surface area contributed by atoms with Crippen molar-refractivity contribution in [2.75, 3.05) is 19.0 Å². The van der Waals surface area contributed by atoms with E-state index in [0.717, 1.165) is 24.8 Å². The van der Waals surface area contributed by atoms with Crippen LogP contribution in [0.5, 0.6) is 5.75 Å². The fourth-order valence-corrected chi connectivity index (χ4v) is 3.65. The van der Waals surface area contributed by atoms with Gasteiger partial charge < -0.3 is 15.4 Å². The van der Waals surface area contributed by atoms with Gasteiger partial charge >= 0.3 is 0 Å². The first-order valence-corrected chi connectivity index (χ1v) is 9.96. The van der Waals surface area contributed by atoms with Crippen LogP contribution in [0.2, 0.25) is 5.02 Å². The summed E-state index contributed by atoms with van der Waals surface area (Å²) in [4.78, 5) is 25.4. The van der Waals surface area contributed by atoms with Gasteiger partial charge in [-0.15, -0.1) is 0 Å². The molecule has 1 aromatic rings. The molecule has 0 spiro atoms. The standard InChI is InChI=1S/C21H27ClN2O3/c1-14-12-17(18(27-2)13-16(14)22)24-20(26)21(9-10-21)19(25)23-11-8-15-6-4-3-5-7-15/h6,12-13H,3-5,7-11H2,1-2H3,(H,23,25)(H,24,26).